The van der Waals surface area contributed by atoms with Crippen LogP contribution in [-0.2, 0) is 17.1 Å². The summed E-state index contributed by atoms with van der Waals surface area (Å²) in [5.41, 5.74) is 0.965. The highest BCUT2D eigenvalue weighted by molar-refractivity contribution is 7.89. The van der Waals surface area contributed by atoms with Crippen LogP contribution in [0, 0.1) is 0 Å². The molecule has 1 atom stereocenters. The predicted octanol–water partition coefficient (Wildman–Crippen LogP) is 2.03. The molecule has 3 aromatic rings. The van der Waals surface area contributed by atoms with Gasteiger partial charge in [-0.25, -0.2) is 23.4 Å². The number of pyridine rings is 2. The number of carbonyl (C=O) groups is 1. The maximum Gasteiger partial charge on any atom is 0.275 e. The number of nitrogens with zero attached hydrogens (tertiary/aromatic N) is 5. The standard InChI is InChI=1S/C20H22N6O3S/c1-25-13-19(22-14-25)30(28,29)26-11-5-6-15(12-26)16-7-4-8-17(23-16)20(27)24-18-9-2-3-10-21-18/h2-4,7-10,13-15H,5-6,11-12H2,1H3,(H,21,24,27)/t15-/m1/s1. The van der Waals surface area contributed by atoms with E-state index in [1.165, 1.54) is 16.8 Å². The molecule has 10 heteroatoms. The van der Waals surface area contributed by atoms with Crippen molar-refractivity contribution < 1.29 is 13.2 Å². The average molecular weight is 427 g/mol. The van der Waals surface area contributed by atoms with E-state index in [4.69, 9.17) is 0 Å². The lowest BCUT2D eigenvalue weighted by Crippen LogP contribution is -2.39. The van der Waals surface area contributed by atoms with Crippen molar-refractivity contribution in [2.24, 2.45) is 7.05 Å². The van der Waals surface area contributed by atoms with Gasteiger partial charge in [0.25, 0.3) is 15.9 Å². The molecule has 1 aliphatic rings. The van der Waals surface area contributed by atoms with Gasteiger partial charge in [0.15, 0.2) is 5.03 Å². The highest BCUT2D eigenvalue weighted by Gasteiger charge is 2.33. The molecule has 1 amide bonds. The lowest BCUT2D eigenvalue weighted by molar-refractivity contribution is 0.102. The number of imidazole rings is 1. The molecule has 0 spiro atoms. The largest absolute Gasteiger partial charge is 0.339 e. The number of nitrogens with one attached hydrogen (secondary N) is 1. The van der Waals surface area contributed by atoms with Crippen molar-refractivity contribution in [3.8, 4) is 0 Å². The Balaban J connectivity index is 1.51. The van der Waals surface area contributed by atoms with Crippen molar-refractivity contribution >= 4 is 21.7 Å². The van der Waals surface area contributed by atoms with Gasteiger partial charge in [0, 0.05) is 44.1 Å². The molecule has 0 radical (unpaired) electrons. The molecule has 1 fully saturated rings. The smallest absolute Gasteiger partial charge is 0.275 e. The van der Waals surface area contributed by atoms with Crippen LogP contribution in [0.5, 0.6) is 0 Å². The fraction of sp³-hybridized carbons (Fsp3) is 0.300. The number of rotatable bonds is 5. The lowest BCUT2D eigenvalue weighted by Gasteiger charge is -2.31. The summed E-state index contributed by atoms with van der Waals surface area (Å²) in [6.45, 7) is 0.743. The summed E-state index contributed by atoms with van der Waals surface area (Å²) in [5.74, 6) is -0.0100. The molecule has 9 nitrogen and oxygen atoms in total. The normalized spacial score (nSPS) is 17.6. The highest BCUT2D eigenvalue weighted by atomic mass is 32.2. The maximum atomic E-state index is 12.9. The summed E-state index contributed by atoms with van der Waals surface area (Å²) in [5, 5.41) is 2.76. The predicted molar refractivity (Wildman–Crippen MR) is 110 cm³/mol. The van der Waals surface area contributed by atoms with E-state index in [1.54, 1.807) is 48.1 Å². The van der Waals surface area contributed by atoms with Gasteiger partial charge < -0.3 is 9.88 Å². The fourth-order valence-corrected chi connectivity index (χ4v) is 4.97. The Morgan fingerprint density at radius 3 is 2.77 bits per heavy atom. The molecule has 1 aliphatic heterocycles. The van der Waals surface area contributed by atoms with Crippen molar-refractivity contribution in [1.29, 1.82) is 0 Å². The molecule has 4 heterocycles. The molecule has 4 rings (SSSR count). The molecule has 1 saturated heterocycles. The van der Waals surface area contributed by atoms with E-state index < -0.39 is 10.0 Å². The minimum absolute atomic E-state index is 0.0436. The first-order chi connectivity index (χ1) is 14.4. The second-order valence-electron chi connectivity index (χ2n) is 7.20. The molecule has 0 aromatic carbocycles. The van der Waals surface area contributed by atoms with Crippen LogP contribution in [0.15, 0.2) is 60.1 Å². The van der Waals surface area contributed by atoms with Crippen LogP contribution >= 0.6 is 0 Å². The van der Waals surface area contributed by atoms with E-state index in [-0.39, 0.29) is 22.5 Å². The zero-order chi connectivity index (χ0) is 21.1. The van der Waals surface area contributed by atoms with E-state index in [2.05, 4.69) is 20.3 Å². The van der Waals surface area contributed by atoms with E-state index in [0.717, 1.165) is 6.42 Å². The molecule has 0 bridgehead atoms. The highest BCUT2D eigenvalue weighted by Crippen LogP contribution is 2.29. The minimum Gasteiger partial charge on any atom is -0.339 e. The molecule has 30 heavy (non-hydrogen) atoms. The van der Waals surface area contributed by atoms with E-state index >= 15 is 0 Å². The number of anilines is 1. The van der Waals surface area contributed by atoms with Gasteiger partial charge in [-0.2, -0.15) is 4.31 Å². The number of carbonyl (C=O) groups excluding carboxylic acids is 1. The second-order valence-corrected chi connectivity index (χ2v) is 9.08. The quantitative estimate of drug-likeness (QED) is 0.668. The first-order valence-electron chi connectivity index (χ1n) is 9.61. The van der Waals surface area contributed by atoms with E-state index in [9.17, 15) is 13.2 Å². The number of aryl methyl sites for hydroxylation is 1. The van der Waals surface area contributed by atoms with Crippen LogP contribution in [0.3, 0.4) is 0 Å². The Kier molecular flexibility index (Phi) is 5.60. The van der Waals surface area contributed by atoms with Crippen LogP contribution in [-0.4, -0.2) is 51.2 Å². The number of amides is 1. The topological polar surface area (TPSA) is 110 Å². The van der Waals surface area contributed by atoms with Crippen molar-refractivity contribution in [2.45, 2.75) is 23.8 Å². The van der Waals surface area contributed by atoms with Crippen LogP contribution in [0.1, 0.15) is 34.9 Å². The Morgan fingerprint density at radius 2 is 2.03 bits per heavy atom. The average Bonchev–Trinajstić information content (AvgIpc) is 3.22. The minimum atomic E-state index is -3.66. The van der Waals surface area contributed by atoms with Gasteiger partial charge in [0.2, 0.25) is 0 Å². The van der Waals surface area contributed by atoms with Gasteiger partial charge in [-0.15, -0.1) is 0 Å². The molecule has 0 aliphatic carbocycles. The zero-order valence-corrected chi connectivity index (χ0v) is 17.3. The van der Waals surface area contributed by atoms with Gasteiger partial charge in [-0.05, 0) is 37.1 Å². The van der Waals surface area contributed by atoms with Crippen molar-refractivity contribution in [2.75, 3.05) is 18.4 Å². The van der Waals surface area contributed by atoms with Crippen LogP contribution in [0.2, 0.25) is 0 Å². The molecule has 0 saturated carbocycles. The summed E-state index contributed by atoms with van der Waals surface area (Å²) in [7, 11) is -1.93. The monoisotopic (exact) mass is 426 g/mol. The number of aromatic nitrogens is 4. The van der Waals surface area contributed by atoms with Gasteiger partial charge in [-0.3, -0.25) is 4.79 Å². The summed E-state index contributed by atoms with van der Waals surface area (Å²) < 4.78 is 28.9. The summed E-state index contributed by atoms with van der Waals surface area (Å²) >= 11 is 0. The third-order valence-electron chi connectivity index (χ3n) is 5.00. The van der Waals surface area contributed by atoms with Crippen molar-refractivity contribution in [3.63, 3.8) is 0 Å². The lowest BCUT2D eigenvalue weighted by atomic mass is 9.95. The zero-order valence-electron chi connectivity index (χ0n) is 16.5. The first-order valence-corrected chi connectivity index (χ1v) is 11.0. The van der Waals surface area contributed by atoms with Crippen LogP contribution in [0.25, 0.3) is 0 Å². The number of sulfonamides is 1. The maximum absolute atomic E-state index is 12.9. The molecule has 156 valence electrons. The molecular formula is C20H22N6O3S. The second kappa shape index (κ2) is 8.33. The molecule has 0 unspecified atom stereocenters. The Morgan fingerprint density at radius 1 is 1.17 bits per heavy atom. The van der Waals surface area contributed by atoms with Gasteiger partial charge in [0.05, 0.1) is 6.33 Å². The van der Waals surface area contributed by atoms with Crippen LogP contribution in [0.4, 0.5) is 5.82 Å². The summed E-state index contributed by atoms with van der Waals surface area (Å²) in [6.07, 6.45) is 6.08. The summed E-state index contributed by atoms with van der Waals surface area (Å²) in [4.78, 5) is 25.1. The number of hydrogen-bond donors (Lipinski definition) is 1. The molecule has 3 aromatic heterocycles. The van der Waals surface area contributed by atoms with E-state index in [1.807, 2.05) is 6.07 Å². The van der Waals surface area contributed by atoms with Gasteiger partial charge >= 0.3 is 0 Å². The molecular weight excluding hydrogens is 404 g/mol. The Labute approximate surface area is 174 Å². The van der Waals surface area contributed by atoms with Crippen molar-refractivity contribution in [3.05, 3.63) is 66.5 Å². The van der Waals surface area contributed by atoms with Crippen molar-refractivity contribution in [1.82, 2.24) is 23.8 Å². The Hall–Kier alpha value is -3.11. The Bertz CT molecular complexity index is 1150. The third-order valence-corrected chi connectivity index (χ3v) is 6.75. The SMILES string of the molecule is Cn1cnc(S(=O)(=O)N2CCC[C@@H](c3cccc(C(=O)Nc4ccccn4)n3)C2)c1. The van der Waals surface area contributed by atoms with Gasteiger partial charge in [0.1, 0.15) is 11.5 Å². The van der Waals surface area contributed by atoms with E-state index in [0.29, 0.717) is 31.0 Å². The number of hydrogen-bond acceptors (Lipinski definition) is 6. The fourth-order valence-electron chi connectivity index (χ4n) is 3.48. The molecule has 1 N–H and O–H groups in total. The number of piperidine rings is 1. The first kappa shape index (κ1) is 20.2. The summed E-state index contributed by atoms with van der Waals surface area (Å²) in [6, 6.07) is 10.5. The van der Waals surface area contributed by atoms with Gasteiger partial charge in [-0.1, -0.05) is 12.1 Å². The van der Waals surface area contributed by atoms with Crippen LogP contribution < -0.4 is 5.32 Å². The third kappa shape index (κ3) is 4.24.